The highest BCUT2D eigenvalue weighted by atomic mass is 15.1. The molecule has 2 heterocycles. The first kappa shape index (κ1) is 24.5. The van der Waals surface area contributed by atoms with E-state index < -0.39 is 0 Å². The van der Waals surface area contributed by atoms with Crippen molar-refractivity contribution in [1.29, 1.82) is 0 Å². The monoisotopic (exact) mass is 430 g/mol. The van der Waals surface area contributed by atoms with Crippen LogP contribution in [0.2, 0.25) is 0 Å². The predicted molar refractivity (Wildman–Crippen MR) is 139 cm³/mol. The molecule has 2 aromatic rings. The van der Waals surface area contributed by atoms with Crippen molar-refractivity contribution in [3.8, 4) is 0 Å². The highest BCUT2D eigenvalue weighted by Crippen LogP contribution is 2.20. The fourth-order valence-corrected chi connectivity index (χ4v) is 4.68. The summed E-state index contributed by atoms with van der Waals surface area (Å²) in [6.07, 6.45) is 12.1. The van der Waals surface area contributed by atoms with Gasteiger partial charge < -0.3 is 0 Å². The van der Waals surface area contributed by atoms with Gasteiger partial charge in [-0.05, 0) is 77.6 Å². The van der Waals surface area contributed by atoms with Gasteiger partial charge in [-0.1, -0.05) is 84.0 Å². The molecule has 0 fully saturated rings. The maximum atomic E-state index is 2.47. The molecule has 2 atom stereocenters. The van der Waals surface area contributed by atoms with E-state index in [-0.39, 0.29) is 0 Å². The second-order valence-electron chi connectivity index (χ2n) is 9.71. The summed E-state index contributed by atoms with van der Waals surface area (Å²) in [4.78, 5) is 4.94. The minimum absolute atomic E-state index is 0.633. The fourth-order valence-electron chi connectivity index (χ4n) is 4.68. The van der Waals surface area contributed by atoms with Crippen molar-refractivity contribution >= 4 is 0 Å². The summed E-state index contributed by atoms with van der Waals surface area (Å²) < 4.78 is 0. The molecular formula is C30H42N2. The van der Waals surface area contributed by atoms with Gasteiger partial charge in [0.2, 0.25) is 0 Å². The second kappa shape index (κ2) is 12.8. The van der Waals surface area contributed by atoms with E-state index in [1.807, 2.05) is 0 Å². The van der Waals surface area contributed by atoms with Crippen LogP contribution in [0, 0.1) is 0 Å². The van der Waals surface area contributed by atoms with Crippen LogP contribution in [-0.4, -0.2) is 49.1 Å². The Hall–Kier alpha value is -2.16. The third kappa shape index (κ3) is 8.07. The van der Waals surface area contributed by atoms with Crippen molar-refractivity contribution < 1.29 is 0 Å². The van der Waals surface area contributed by atoms with Gasteiger partial charge in [-0.3, -0.25) is 9.80 Å². The first-order valence-corrected chi connectivity index (χ1v) is 12.3. The van der Waals surface area contributed by atoms with Crippen LogP contribution >= 0.6 is 0 Å². The van der Waals surface area contributed by atoms with Crippen LogP contribution in [0.25, 0.3) is 0 Å². The van der Waals surface area contributed by atoms with Gasteiger partial charge >= 0.3 is 0 Å². The molecule has 4 rings (SSSR count). The maximum Gasteiger partial charge on any atom is 0.0280 e. The van der Waals surface area contributed by atoms with Gasteiger partial charge in [0.15, 0.2) is 0 Å². The van der Waals surface area contributed by atoms with Crippen molar-refractivity contribution in [3.05, 3.63) is 95.1 Å². The Balaban J connectivity index is 0.000000181. The molecule has 0 aliphatic carbocycles. The van der Waals surface area contributed by atoms with Gasteiger partial charge in [0.1, 0.15) is 0 Å². The molecule has 2 unspecified atom stereocenters. The Kier molecular flexibility index (Phi) is 9.77. The zero-order chi connectivity index (χ0) is 22.8. The molecule has 32 heavy (non-hydrogen) atoms. The minimum Gasteiger partial charge on any atom is -0.300 e. The van der Waals surface area contributed by atoms with E-state index in [0.717, 1.165) is 12.6 Å². The molecule has 2 heteroatoms. The van der Waals surface area contributed by atoms with Crippen LogP contribution < -0.4 is 0 Å². The van der Waals surface area contributed by atoms with Gasteiger partial charge in [-0.15, -0.1) is 0 Å². The molecule has 0 saturated carbocycles. The molecule has 2 aliphatic rings. The van der Waals surface area contributed by atoms with E-state index in [0.29, 0.717) is 6.04 Å². The summed E-state index contributed by atoms with van der Waals surface area (Å²) in [5.74, 6) is 0. The third-order valence-electron chi connectivity index (χ3n) is 6.99. The number of aryl methyl sites for hydroxylation is 2. The Morgan fingerprint density at radius 2 is 1.34 bits per heavy atom. The van der Waals surface area contributed by atoms with Crippen molar-refractivity contribution in [2.24, 2.45) is 0 Å². The SMILES string of the molecule is CC1=CC(CCc2ccccc2)N(C)CC1.CC1=CCN(C)C(CCc2ccccc2)C1. The van der Waals surface area contributed by atoms with Crippen LogP contribution in [0.3, 0.4) is 0 Å². The summed E-state index contributed by atoms with van der Waals surface area (Å²) in [7, 11) is 4.47. The van der Waals surface area contributed by atoms with Crippen molar-refractivity contribution in [3.63, 3.8) is 0 Å². The molecule has 0 radical (unpaired) electrons. The van der Waals surface area contributed by atoms with Gasteiger partial charge in [0.05, 0.1) is 0 Å². The number of hydrogen-bond acceptors (Lipinski definition) is 2. The van der Waals surface area contributed by atoms with Gasteiger partial charge in [-0.25, -0.2) is 0 Å². The van der Waals surface area contributed by atoms with Gasteiger partial charge in [0, 0.05) is 25.2 Å². The largest absolute Gasteiger partial charge is 0.300 e. The van der Waals surface area contributed by atoms with E-state index >= 15 is 0 Å². The van der Waals surface area contributed by atoms with Crippen LogP contribution in [0.1, 0.15) is 50.7 Å². The fraction of sp³-hybridized carbons (Fsp3) is 0.467. The zero-order valence-electron chi connectivity index (χ0n) is 20.6. The van der Waals surface area contributed by atoms with Gasteiger partial charge in [0.25, 0.3) is 0 Å². The number of nitrogens with zero attached hydrogens (tertiary/aromatic N) is 2. The number of hydrogen-bond donors (Lipinski definition) is 0. The average Bonchev–Trinajstić information content (AvgIpc) is 2.82. The molecule has 0 saturated heterocycles. The molecule has 0 amide bonds. The Morgan fingerprint density at radius 1 is 0.750 bits per heavy atom. The normalized spacial score (nSPS) is 21.9. The van der Waals surface area contributed by atoms with Crippen LogP contribution in [0.15, 0.2) is 84.0 Å². The molecule has 2 aliphatic heterocycles. The molecule has 2 nitrogen and oxygen atoms in total. The summed E-state index contributed by atoms with van der Waals surface area (Å²) in [6.45, 7) is 6.83. The molecule has 2 aromatic carbocycles. The van der Waals surface area contributed by atoms with E-state index in [4.69, 9.17) is 0 Å². The minimum atomic E-state index is 0.633. The Labute approximate surface area is 196 Å². The van der Waals surface area contributed by atoms with Crippen molar-refractivity contribution in [2.45, 2.75) is 64.5 Å². The lowest BCUT2D eigenvalue weighted by Crippen LogP contribution is -2.35. The molecule has 172 valence electrons. The summed E-state index contributed by atoms with van der Waals surface area (Å²) in [6, 6.07) is 22.9. The molecule has 0 bridgehead atoms. The highest BCUT2D eigenvalue weighted by molar-refractivity contribution is 5.17. The average molecular weight is 431 g/mol. The van der Waals surface area contributed by atoms with E-state index in [2.05, 4.69) is 111 Å². The lowest BCUT2D eigenvalue weighted by atomic mass is 9.96. The van der Waals surface area contributed by atoms with E-state index in [1.165, 1.54) is 56.2 Å². The first-order valence-electron chi connectivity index (χ1n) is 12.3. The molecule has 0 aromatic heterocycles. The third-order valence-corrected chi connectivity index (χ3v) is 6.99. The van der Waals surface area contributed by atoms with E-state index in [1.54, 1.807) is 11.1 Å². The Morgan fingerprint density at radius 3 is 1.97 bits per heavy atom. The Bertz CT molecular complexity index is 853. The molecule has 0 spiro atoms. The number of rotatable bonds is 6. The van der Waals surface area contributed by atoms with Crippen LogP contribution in [0.5, 0.6) is 0 Å². The summed E-state index contributed by atoms with van der Waals surface area (Å²) in [5, 5.41) is 0. The lowest BCUT2D eigenvalue weighted by Gasteiger charge is -2.31. The topological polar surface area (TPSA) is 6.48 Å². The summed E-state index contributed by atoms with van der Waals surface area (Å²) >= 11 is 0. The smallest absolute Gasteiger partial charge is 0.0280 e. The predicted octanol–water partition coefficient (Wildman–Crippen LogP) is 6.54. The first-order chi connectivity index (χ1) is 15.5. The zero-order valence-corrected chi connectivity index (χ0v) is 20.6. The molecule has 0 N–H and O–H groups in total. The van der Waals surface area contributed by atoms with Crippen molar-refractivity contribution in [1.82, 2.24) is 9.80 Å². The lowest BCUT2D eigenvalue weighted by molar-refractivity contribution is 0.238. The quantitative estimate of drug-likeness (QED) is 0.480. The van der Waals surface area contributed by atoms with E-state index in [9.17, 15) is 0 Å². The van der Waals surface area contributed by atoms with Crippen molar-refractivity contribution in [2.75, 3.05) is 27.2 Å². The number of likely N-dealkylation sites (N-methyl/N-ethyl adjacent to an activating group) is 2. The molecular weight excluding hydrogens is 388 g/mol. The van der Waals surface area contributed by atoms with Gasteiger partial charge in [-0.2, -0.15) is 0 Å². The van der Waals surface area contributed by atoms with Crippen LogP contribution in [-0.2, 0) is 12.8 Å². The highest BCUT2D eigenvalue weighted by Gasteiger charge is 2.18. The number of benzene rings is 2. The van der Waals surface area contributed by atoms with Crippen LogP contribution in [0.4, 0.5) is 0 Å². The second-order valence-corrected chi connectivity index (χ2v) is 9.71. The maximum absolute atomic E-state index is 2.47. The summed E-state index contributed by atoms with van der Waals surface area (Å²) in [5.41, 5.74) is 6.02. The standard InChI is InChI=1S/2C15H21N/c2*1-13-10-11-16(2)15(12-13)9-8-14-6-4-3-5-7-14/h3-7,12,15H,8-11H2,1-2H3;3-7,10,15H,8-9,11-12H2,1-2H3.